The monoisotopic (exact) mass is 233 g/mol. The molecule has 0 saturated heterocycles. The Bertz CT molecular complexity index is 375. The molecular weight excluding hydrogens is 214 g/mol. The zero-order valence-corrected chi connectivity index (χ0v) is 10.3. The van der Waals surface area contributed by atoms with Crippen molar-refractivity contribution < 1.29 is 9.90 Å². The normalized spacial score (nSPS) is 15.7. The largest absolute Gasteiger partial charge is 0.383 e. The lowest BCUT2D eigenvalue weighted by Gasteiger charge is -2.19. The number of benzene rings is 1. The summed E-state index contributed by atoms with van der Waals surface area (Å²) in [5.74, 6) is -0.619. The number of aliphatic hydroxyl groups is 1. The molecule has 92 valence electrons. The van der Waals surface area contributed by atoms with Gasteiger partial charge in [0.05, 0.1) is 6.04 Å². The molecule has 3 atom stereocenters. The van der Waals surface area contributed by atoms with Gasteiger partial charge in [0, 0.05) is 5.92 Å². The van der Waals surface area contributed by atoms with E-state index >= 15 is 0 Å². The fourth-order valence-corrected chi connectivity index (χ4v) is 1.49. The van der Waals surface area contributed by atoms with Crippen LogP contribution < -0.4 is 5.32 Å². The molecule has 1 rings (SSSR count). The lowest BCUT2D eigenvalue weighted by molar-refractivity contribution is -0.131. The number of hydrogen-bond acceptors (Lipinski definition) is 2. The molecule has 2 N–H and O–H groups in total. The Labute approximate surface area is 102 Å². The second-order valence-electron chi connectivity index (χ2n) is 4.18. The molecule has 0 unspecified atom stereocenters. The van der Waals surface area contributed by atoms with E-state index in [9.17, 15) is 9.90 Å². The standard InChI is InChI=1S/C14H19NO2/c1-4-10(2)13(16)14(17)15-11(3)12-8-6-5-7-9-12/h4-11,13,16H,1H2,2-3H3,(H,15,17)/t10-,11+,13+/m1/s1. The van der Waals surface area contributed by atoms with Crippen molar-refractivity contribution in [3.8, 4) is 0 Å². The van der Waals surface area contributed by atoms with E-state index in [1.54, 1.807) is 13.0 Å². The van der Waals surface area contributed by atoms with Gasteiger partial charge in [-0.25, -0.2) is 0 Å². The van der Waals surface area contributed by atoms with Gasteiger partial charge in [0.15, 0.2) is 0 Å². The van der Waals surface area contributed by atoms with Gasteiger partial charge in [-0.2, -0.15) is 0 Å². The van der Waals surface area contributed by atoms with E-state index in [-0.39, 0.29) is 17.9 Å². The smallest absolute Gasteiger partial charge is 0.249 e. The van der Waals surface area contributed by atoms with E-state index in [0.29, 0.717) is 0 Å². The van der Waals surface area contributed by atoms with Crippen LogP contribution in [0.3, 0.4) is 0 Å². The quantitative estimate of drug-likeness (QED) is 0.765. The van der Waals surface area contributed by atoms with Crippen LogP contribution >= 0.6 is 0 Å². The summed E-state index contributed by atoms with van der Waals surface area (Å²) in [7, 11) is 0. The Hall–Kier alpha value is -1.61. The number of carbonyl (C=O) groups is 1. The molecule has 0 aliphatic rings. The minimum Gasteiger partial charge on any atom is -0.383 e. The summed E-state index contributed by atoms with van der Waals surface area (Å²) in [5, 5.41) is 12.5. The fourth-order valence-electron chi connectivity index (χ4n) is 1.49. The number of hydrogen-bond donors (Lipinski definition) is 2. The fraction of sp³-hybridized carbons (Fsp3) is 0.357. The number of carbonyl (C=O) groups excluding carboxylic acids is 1. The highest BCUT2D eigenvalue weighted by Gasteiger charge is 2.21. The average molecular weight is 233 g/mol. The van der Waals surface area contributed by atoms with Gasteiger partial charge in [0.1, 0.15) is 6.10 Å². The molecule has 0 heterocycles. The predicted octanol–water partition coefficient (Wildman–Crippen LogP) is 2.05. The van der Waals surface area contributed by atoms with Crippen LogP contribution in [0.4, 0.5) is 0 Å². The maximum Gasteiger partial charge on any atom is 0.249 e. The van der Waals surface area contributed by atoms with Crippen LogP contribution in [0.25, 0.3) is 0 Å². The second-order valence-corrected chi connectivity index (χ2v) is 4.18. The van der Waals surface area contributed by atoms with Gasteiger partial charge in [-0.1, -0.05) is 43.3 Å². The minimum absolute atomic E-state index is 0.115. The molecule has 1 aromatic rings. The molecule has 0 saturated carbocycles. The molecule has 3 heteroatoms. The highest BCUT2D eigenvalue weighted by molar-refractivity contribution is 5.81. The van der Waals surface area contributed by atoms with Gasteiger partial charge in [-0.15, -0.1) is 6.58 Å². The van der Waals surface area contributed by atoms with Crippen LogP contribution in [-0.4, -0.2) is 17.1 Å². The molecule has 0 fully saturated rings. The molecule has 1 aromatic carbocycles. The van der Waals surface area contributed by atoms with Crippen LogP contribution in [0.15, 0.2) is 43.0 Å². The summed E-state index contributed by atoms with van der Waals surface area (Å²) in [4.78, 5) is 11.7. The van der Waals surface area contributed by atoms with E-state index in [2.05, 4.69) is 11.9 Å². The van der Waals surface area contributed by atoms with Gasteiger partial charge in [0.2, 0.25) is 5.91 Å². The number of nitrogens with one attached hydrogen (secondary N) is 1. The molecule has 0 aliphatic carbocycles. The van der Waals surface area contributed by atoms with E-state index in [0.717, 1.165) is 5.56 Å². The van der Waals surface area contributed by atoms with Crippen LogP contribution in [-0.2, 0) is 4.79 Å². The molecule has 1 amide bonds. The van der Waals surface area contributed by atoms with E-state index in [1.165, 1.54) is 0 Å². The third-order valence-corrected chi connectivity index (χ3v) is 2.80. The highest BCUT2D eigenvalue weighted by atomic mass is 16.3. The summed E-state index contributed by atoms with van der Waals surface area (Å²) in [6.45, 7) is 7.20. The Morgan fingerprint density at radius 1 is 1.35 bits per heavy atom. The topological polar surface area (TPSA) is 49.3 Å². The maximum absolute atomic E-state index is 11.7. The van der Waals surface area contributed by atoms with E-state index in [4.69, 9.17) is 0 Å². The highest BCUT2D eigenvalue weighted by Crippen LogP contribution is 2.12. The van der Waals surface area contributed by atoms with Gasteiger partial charge in [0.25, 0.3) is 0 Å². The lowest BCUT2D eigenvalue weighted by atomic mass is 10.0. The first-order valence-electron chi connectivity index (χ1n) is 5.72. The first-order valence-corrected chi connectivity index (χ1v) is 5.72. The van der Waals surface area contributed by atoms with Crippen molar-refractivity contribution in [3.05, 3.63) is 48.6 Å². The molecule has 0 bridgehead atoms. The van der Waals surface area contributed by atoms with E-state index in [1.807, 2.05) is 37.3 Å². The maximum atomic E-state index is 11.7. The molecule has 0 aromatic heterocycles. The summed E-state index contributed by atoms with van der Waals surface area (Å²) in [6.07, 6.45) is 0.524. The zero-order valence-electron chi connectivity index (χ0n) is 10.3. The second kappa shape index (κ2) is 6.21. The number of rotatable bonds is 5. The van der Waals surface area contributed by atoms with Gasteiger partial charge in [-0.05, 0) is 12.5 Å². The van der Waals surface area contributed by atoms with Crippen molar-refractivity contribution in [3.63, 3.8) is 0 Å². The SMILES string of the molecule is C=C[C@@H](C)[C@H](O)C(=O)N[C@@H](C)c1ccccc1. The van der Waals surface area contributed by atoms with E-state index < -0.39 is 6.10 Å². The van der Waals surface area contributed by atoms with Gasteiger partial charge < -0.3 is 10.4 Å². The molecule has 0 aliphatic heterocycles. The van der Waals surface area contributed by atoms with Crippen LogP contribution in [0.2, 0.25) is 0 Å². The molecule has 3 nitrogen and oxygen atoms in total. The first-order chi connectivity index (χ1) is 8.06. The predicted molar refractivity (Wildman–Crippen MR) is 68.4 cm³/mol. The van der Waals surface area contributed by atoms with Crippen molar-refractivity contribution in [2.24, 2.45) is 5.92 Å². The van der Waals surface area contributed by atoms with Gasteiger partial charge in [-0.3, -0.25) is 4.79 Å². The van der Waals surface area contributed by atoms with Crippen molar-refractivity contribution in [1.82, 2.24) is 5.32 Å². The number of amides is 1. The van der Waals surface area contributed by atoms with Crippen LogP contribution in [0.1, 0.15) is 25.5 Å². The third kappa shape index (κ3) is 3.71. The molecule has 0 spiro atoms. The van der Waals surface area contributed by atoms with Crippen molar-refractivity contribution in [1.29, 1.82) is 0 Å². The van der Waals surface area contributed by atoms with Crippen LogP contribution in [0, 0.1) is 5.92 Å². The van der Waals surface area contributed by atoms with Crippen molar-refractivity contribution in [2.75, 3.05) is 0 Å². The summed E-state index contributed by atoms with van der Waals surface area (Å²) < 4.78 is 0. The lowest BCUT2D eigenvalue weighted by Crippen LogP contribution is -2.39. The summed E-state index contributed by atoms with van der Waals surface area (Å²) in [6, 6.07) is 9.52. The minimum atomic E-state index is -1.04. The Morgan fingerprint density at radius 2 is 1.94 bits per heavy atom. The molecule has 0 radical (unpaired) electrons. The summed E-state index contributed by atoms with van der Waals surface area (Å²) in [5.41, 5.74) is 1.01. The summed E-state index contributed by atoms with van der Waals surface area (Å²) >= 11 is 0. The van der Waals surface area contributed by atoms with Crippen molar-refractivity contribution >= 4 is 5.91 Å². The third-order valence-electron chi connectivity index (χ3n) is 2.80. The van der Waals surface area contributed by atoms with Gasteiger partial charge >= 0.3 is 0 Å². The zero-order chi connectivity index (χ0) is 12.8. The Balaban J connectivity index is 2.60. The van der Waals surface area contributed by atoms with Crippen molar-refractivity contribution in [2.45, 2.75) is 26.0 Å². The molecule has 17 heavy (non-hydrogen) atoms. The Kier molecular flexibility index (Phi) is 4.91. The number of aliphatic hydroxyl groups excluding tert-OH is 1. The first kappa shape index (κ1) is 13.5. The molecular formula is C14H19NO2. The van der Waals surface area contributed by atoms with Crippen LogP contribution in [0.5, 0.6) is 0 Å². The average Bonchev–Trinajstić information content (AvgIpc) is 2.37. The Morgan fingerprint density at radius 3 is 2.47 bits per heavy atom.